The van der Waals surface area contributed by atoms with Crippen LogP contribution in [-0.2, 0) is 10.0 Å². The number of nitrogens with one attached hydrogen (secondary N) is 1. The maximum Gasteiger partial charge on any atom is 0.255 e. The van der Waals surface area contributed by atoms with Gasteiger partial charge < -0.3 is 10.2 Å². The molecule has 1 amide bonds. The van der Waals surface area contributed by atoms with Crippen molar-refractivity contribution in [3.63, 3.8) is 0 Å². The van der Waals surface area contributed by atoms with Gasteiger partial charge in [-0.1, -0.05) is 6.07 Å². The minimum absolute atomic E-state index is 0.0862. The van der Waals surface area contributed by atoms with Crippen LogP contribution in [0.1, 0.15) is 10.4 Å². The summed E-state index contributed by atoms with van der Waals surface area (Å²) in [5, 5.41) is 2.77. The molecule has 0 fully saturated rings. The van der Waals surface area contributed by atoms with Gasteiger partial charge in [0, 0.05) is 45.1 Å². The smallest absolute Gasteiger partial charge is 0.255 e. The number of benzene rings is 2. The molecule has 0 aromatic heterocycles. The molecular weight excluding hydrogens is 326 g/mol. The third kappa shape index (κ3) is 3.93. The van der Waals surface area contributed by atoms with Crippen LogP contribution < -0.4 is 10.2 Å². The van der Waals surface area contributed by atoms with Gasteiger partial charge in [-0.25, -0.2) is 12.7 Å². The summed E-state index contributed by atoms with van der Waals surface area (Å²) >= 11 is 0. The first-order valence-electron chi connectivity index (χ1n) is 7.33. The van der Waals surface area contributed by atoms with Gasteiger partial charge in [0.25, 0.3) is 5.91 Å². The van der Waals surface area contributed by atoms with E-state index in [-0.39, 0.29) is 16.4 Å². The third-order valence-electron chi connectivity index (χ3n) is 3.52. The van der Waals surface area contributed by atoms with Crippen LogP contribution in [0.25, 0.3) is 0 Å². The van der Waals surface area contributed by atoms with E-state index < -0.39 is 10.0 Å². The molecule has 0 bridgehead atoms. The van der Waals surface area contributed by atoms with E-state index >= 15 is 0 Å². The summed E-state index contributed by atoms with van der Waals surface area (Å²) in [6.45, 7) is 0. The number of amides is 1. The second kappa shape index (κ2) is 7.02. The van der Waals surface area contributed by atoms with Crippen LogP contribution in [-0.4, -0.2) is 46.8 Å². The molecule has 128 valence electrons. The fourth-order valence-electron chi connectivity index (χ4n) is 2.05. The van der Waals surface area contributed by atoms with E-state index in [0.717, 1.165) is 9.99 Å². The van der Waals surface area contributed by atoms with Crippen LogP contribution in [0.4, 0.5) is 11.4 Å². The summed E-state index contributed by atoms with van der Waals surface area (Å²) in [7, 11) is 3.20. The quantitative estimate of drug-likeness (QED) is 0.901. The molecule has 0 aliphatic carbocycles. The number of hydrogen-bond donors (Lipinski definition) is 1. The molecular formula is C17H21N3O3S. The van der Waals surface area contributed by atoms with Gasteiger partial charge in [-0.15, -0.1) is 0 Å². The van der Waals surface area contributed by atoms with Crippen LogP contribution in [0.2, 0.25) is 0 Å². The van der Waals surface area contributed by atoms with Crippen molar-refractivity contribution in [2.75, 3.05) is 38.4 Å². The largest absolute Gasteiger partial charge is 0.378 e. The van der Waals surface area contributed by atoms with Crippen molar-refractivity contribution < 1.29 is 13.2 Å². The Bertz CT molecular complexity index is 828. The Morgan fingerprint density at radius 1 is 0.958 bits per heavy atom. The zero-order valence-corrected chi connectivity index (χ0v) is 15.0. The SMILES string of the molecule is CN(C)c1ccc(NC(=O)c2cccc(S(=O)(=O)N(C)C)c2)cc1. The zero-order valence-electron chi connectivity index (χ0n) is 14.1. The fraction of sp³-hybridized carbons (Fsp3) is 0.235. The topological polar surface area (TPSA) is 69.7 Å². The van der Waals surface area contributed by atoms with E-state index in [9.17, 15) is 13.2 Å². The van der Waals surface area contributed by atoms with Crippen molar-refractivity contribution in [2.45, 2.75) is 4.90 Å². The number of nitrogens with zero attached hydrogens (tertiary/aromatic N) is 2. The van der Waals surface area contributed by atoms with E-state index in [4.69, 9.17) is 0 Å². The summed E-state index contributed by atoms with van der Waals surface area (Å²) in [5.74, 6) is -0.358. The average molecular weight is 347 g/mol. The molecule has 1 N–H and O–H groups in total. The highest BCUT2D eigenvalue weighted by Gasteiger charge is 2.18. The van der Waals surface area contributed by atoms with Gasteiger partial charge in [0.2, 0.25) is 10.0 Å². The number of sulfonamides is 1. The number of carbonyl (C=O) groups excluding carboxylic acids is 1. The van der Waals surface area contributed by atoms with Crippen LogP contribution in [0.3, 0.4) is 0 Å². The van der Waals surface area contributed by atoms with Gasteiger partial charge in [0.15, 0.2) is 0 Å². The molecule has 0 unspecified atom stereocenters. The Hall–Kier alpha value is -2.38. The molecule has 0 radical (unpaired) electrons. The molecule has 2 aromatic rings. The molecule has 0 saturated carbocycles. The Morgan fingerprint density at radius 3 is 2.12 bits per heavy atom. The molecule has 0 saturated heterocycles. The summed E-state index contributed by atoms with van der Waals surface area (Å²) in [6, 6.07) is 13.4. The minimum atomic E-state index is -3.57. The van der Waals surface area contributed by atoms with E-state index in [0.29, 0.717) is 5.69 Å². The number of anilines is 2. The fourth-order valence-corrected chi connectivity index (χ4v) is 3.00. The molecule has 0 aliphatic heterocycles. The first-order valence-corrected chi connectivity index (χ1v) is 8.77. The predicted octanol–water partition coefficient (Wildman–Crippen LogP) is 2.26. The lowest BCUT2D eigenvalue weighted by atomic mass is 10.2. The lowest BCUT2D eigenvalue weighted by molar-refractivity contribution is 0.102. The van der Waals surface area contributed by atoms with Gasteiger partial charge in [0.1, 0.15) is 0 Å². The Kier molecular flexibility index (Phi) is 5.26. The van der Waals surface area contributed by atoms with Gasteiger partial charge >= 0.3 is 0 Å². The second-order valence-corrected chi connectivity index (χ2v) is 7.86. The number of hydrogen-bond acceptors (Lipinski definition) is 4. The number of carbonyl (C=O) groups is 1. The molecule has 7 heteroatoms. The molecule has 6 nitrogen and oxygen atoms in total. The van der Waals surface area contributed by atoms with Gasteiger partial charge in [-0.05, 0) is 42.5 Å². The highest BCUT2D eigenvalue weighted by molar-refractivity contribution is 7.89. The standard InChI is InChI=1S/C17H21N3O3S/c1-19(2)15-10-8-14(9-11-15)18-17(21)13-6-5-7-16(12-13)24(22,23)20(3)4/h5-12H,1-4H3,(H,18,21). The first-order chi connectivity index (χ1) is 11.2. The lowest BCUT2D eigenvalue weighted by Gasteiger charge is -2.14. The number of rotatable bonds is 5. The Balaban J connectivity index is 2.21. The van der Waals surface area contributed by atoms with E-state index in [1.807, 2.05) is 31.1 Å². The van der Waals surface area contributed by atoms with Crippen LogP contribution >= 0.6 is 0 Å². The zero-order chi connectivity index (χ0) is 17.9. The van der Waals surface area contributed by atoms with Crippen molar-refractivity contribution in [1.29, 1.82) is 0 Å². The normalized spacial score (nSPS) is 11.4. The monoisotopic (exact) mass is 347 g/mol. The minimum Gasteiger partial charge on any atom is -0.378 e. The summed E-state index contributed by atoms with van der Waals surface area (Å²) in [6.07, 6.45) is 0. The van der Waals surface area contributed by atoms with E-state index in [1.165, 1.54) is 26.2 Å². The molecule has 0 aliphatic rings. The Morgan fingerprint density at radius 2 is 1.58 bits per heavy atom. The van der Waals surface area contributed by atoms with Crippen LogP contribution in [0, 0.1) is 0 Å². The van der Waals surface area contributed by atoms with Gasteiger partial charge in [-0.3, -0.25) is 4.79 Å². The molecule has 2 aromatic carbocycles. The van der Waals surface area contributed by atoms with Crippen LogP contribution in [0.15, 0.2) is 53.4 Å². The molecule has 0 heterocycles. The highest BCUT2D eigenvalue weighted by Crippen LogP contribution is 2.18. The maximum absolute atomic E-state index is 12.4. The molecule has 0 atom stereocenters. The predicted molar refractivity (Wildman–Crippen MR) is 96.0 cm³/mol. The highest BCUT2D eigenvalue weighted by atomic mass is 32.2. The van der Waals surface area contributed by atoms with E-state index in [2.05, 4.69) is 5.32 Å². The average Bonchev–Trinajstić information content (AvgIpc) is 2.55. The molecule has 0 spiro atoms. The van der Waals surface area contributed by atoms with Crippen molar-refractivity contribution in [3.05, 3.63) is 54.1 Å². The van der Waals surface area contributed by atoms with Gasteiger partial charge in [0.05, 0.1) is 4.90 Å². The maximum atomic E-state index is 12.4. The summed E-state index contributed by atoms with van der Waals surface area (Å²) in [4.78, 5) is 14.4. The van der Waals surface area contributed by atoms with E-state index in [1.54, 1.807) is 24.3 Å². The lowest BCUT2D eigenvalue weighted by Crippen LogP contribution is -2.22. The second-order valence-electron chi connectivity index (χ2n) is 5.71. The molecule has 2 rings (SSSR count). The summed E-state index contributed by atoms with van der Waals surface area (Å²) < 4.78 is 25.4. The first kappa shape index (κ1) is 18.0. The van der Waals surface area contributed by atoms with Gasteiger partial charge in [-0.2, -0.15) is 0 Å². The van der Waals surface area contributed by atoms with Crippen molar-refractivity contribution >= 4 is 27.3 Å². The van der Waals surface area contributed by atoms with Crippen molar-refractivity contribution in [2.24, 2.45) is 0 Å². The third-order valence-corrected chi connectivity index (χ3v) is 5.33. The van der Waals surface area contributed by atoms with Crippen molar-refractivity contribution in [1.82, 2.24) is 4.31 Å². The summed E-state index contributed by atoms with van der Waals surface area (Å²) in [5.41, 5.74) is 1.95. The molecule has 24 heavy (non-hydrogen) atoms. The van der Waals surface area contributed by atoms with Crippen molar-refractivity contribution in [3.8, 4) is 0 Å². The van der Waals surface area contributed by atoms with Crippen LogP contribution in [0.5, 0.6) is 0 Å². The Labute approximate surface area is 142 Å².